The zero-order chi connectivity index (χ0) is 13.7. The number of amides is 1. The summed E-state index contributed by atoms with van der Waals surface area (Å²) < 4.78 is 0. The predicted octanol–water partition coefficient (Wildman–Crippen LogP) is 2.96. The van der Waals surface area contributed by atoms with Crippen molar-refractivity contribution in [1.82, 2.24) is 15.2 Å². The molecule has 0 saturated carbocycles. The number of nitrogens with zero attached hydrogens (tertiary/aromatic N) is 2. The summed E-state index contributed by atoms with van der Waals surface area (Å²) in [6.45, 7) is 4.33. The molecule has 1 unspecified atom stereocenters. The van der Waals surface area contributed by atoms with Crippen molar-refractivity contribution < 1.29 is 4.79 Å². The second-order valence-electron chi connectivity index (χ2n) is 4.62. The molecular formula is C14H18N4O. The highest BCUT2D eigenvalue weighted by molar-refractivity contribution is 6.02. The van der Waals surface area contributed by atoms with Gasteiger partial charge in [0.05, 0.1) is 11.9 Å². The van der Waals surface area contributed by atoms with Crippen LogP contribution in [0.5, 0.6) is 0 Å². The molecule has 0 aliphatic rings. The first-order chi connectivity index (χ1) is 9.20. The lowest BCUT2D eigenvalue weighted by molar-refractivity contribution is 0.102. The van der Waals surface area contributed by atoms with Gasteiger partial charge < -0.3 is 5.32 Å². The van der Waals surface area contributed by atoms with Gasteiger partial charge in [0.1, 0.15) is 5.69 Å². The number of rotatable bonds is 5. The Balaban J connectivity index is 2.09. The maximum atomic E-state index is 11.9. The molecule has 0 aliphatic carbocycles. The molecule has 2 N–H and O–H groups in total. The van der Waals surface area contributed by atoms with Gasteiger partial charge >= 0.3 is 0 Å². The third kappa shape index (κ3) is 3.40. The SMILES string of the molecule is CCCC(C)c1cncc(NC(=O)c2ccn[nH]2)c1. The van der Waals surface area contributed by atoms with Gasteiger partial charge in [-0.3, -0.25) is 14.9 Å². The molecule has 2 aromatic heterocycles. The fraction of sp³-hybridized carbons (Fsp3) is 0.357. The van der Waals surface area contributed by atoms with Crippen LogP contribution in [-0.2, 0) is 0 Å². The number of carbonyl (C=O) groups is 1. The molecule has 1 amide bonds. The van der Waals surface area contributed by atoms with Crippen LogP contribution in [0.25, 0.3) is 0 Å². The van der Waals surface area contributed by atoms with Gasteiger partial charge in [-0.15, -0.1) is 0 Å². The first-order valence-electron chi connectivity index (χ1n) is 6.46. The molecule has 1 atom stereocenters. The molecule has 5 heteroatoms. The topological polar surface area (TPSA) is 70.7 Å². The van der Waals surface area contributed by atoms with Gasteiger partial charge in [0, 0.05) is 12.4 Å². The van der Waals surface area contributed by atoms with Gasteiger partial charge in [-0.25, -0.2) is 0 Å². The molecular weight excluding hydrogens is 240 g/mol. The van der Waals surface area contributed by atoms with E-state index >= 15 is 0 Å². The van der Waals surface area contributed by atoms with Gasteiger partial charge in [0.25, 0.3) is 5.91 Å². The Morgan fingerprint density at radius 3 is 3.00 bits per heavy atom. The molecule has 5 nitrogen and oxygen atoms in total. The normalized spacial score (nSPS) is 12.1. The van der Waals surface area contributed by atoms with Crippen molar-refractivity contribution in [2.24, 2.45) is 0 Å². The lowest BCUT2D eigenvalue weighted by Gasteiger charge is -2.11. The molecule has 0 aliphatic heterocycles. The van der Waals surface area contributed by atoms with Crippen LogP contribution in [0.4, 0.5) is 5.69 Å². The summed E-state index contributed by atoms with van der Waals surface area (Å²) in [5.41, 5.74) is 2.29. The quantitative estimate of drug-likeness (QED) is 0.866. The van der Waals surface area contributed by atoms with Gasteiger partial charge in [0.15, 0.2) is 0 Å². The largest absolute Gasteiger partial charge is 0.319 e. The summed E-state index contributed by atoms with van der Waals surface area (Å²) in [6.07, 6.45) is 7.29. The number of nitrogens with one attached hydrogen (secondary N) is 2. The Morgan fingerprint density at radius 1 is 1.47 bits per heavy atom. The van der Waals surface area contributed by atoms with Crippen molar-refractivity contribution >= 4 is 11.6 Å². The summed E-state index contributed by atoms with van der Waals surface area (Å²) in [6, 6.07) is 3.61. The number of pyridine rings is 1. The lowest BCUT2D eigenvalue weighted by atomic mass is 9.98. The minimum absolute atomic E-state index is 0.209. The Bertz CT molecular complexity index is 536. The monoisotopic (exact) mass is 258 g/mol. The van der Waals surface area contributed by atoms with E-state index in [9.17, 15) is 4.79 Å². The highest BCUT2D eigenvalue weighted by Gasteiger charge is 2.09. The van der Waals surface area contributed by atoms with Crippen LogP contribution in [0, 0.1) is 0 Å². The number of hydrogen-bond donors (Lipinski definition) is 2. The Morgan fingerprint density at radius 2 is 2.32 bits per heavy atom. The van der Waals surface area contributed by atoms with E-state index in [1.54, 1.807) is 18.5 Å². The third-order valence-corrected chi connectivity index (χ3v) is 3.05. The second-order valence-corrected chi connectivity index (χ2v) is 4.62. The standard InChI is InChI=1S/C14H18N4O/c1-3-4-10(2)11-7-12(9-15-8-11)17-14(19)13-5-6-16-18-13/h5-10H,3-4H2,1-2H3,(H,16,18)(H,17,19). The number of hydrogen-bond acceptors (Lipinski definition) is 3. The van der Waals surface area contributed by atoms with Crippen LogP contribution in [0.2, 0.25) is 0 Å². The highest BCUT2D eigenvalue weighted by Crippen LogP contribution is 2.22. The maximum absolute atomic E-state index is 11.9. The van der Waals surface area contributed by atoms with E-state index in [4.69, 9.17) is 0 Å². The molecule has 2 heterocycles. The van der Waals surface area contributed by atoms with Gasteiger partial charge in [0.2, 0.25) is 0 Å². The summed E-state index contributed by atoms with van der Waals surface area (Å²) >= 11 is 0. The zero-order valence-electron chi connectivity index (χ0n) is 11.2. The van der Waals surface area contributed by atoms with Gasteiger partial charge in [-0.2, -0.15) is 5.10 Å². The van der Waals surface area contributed by atoms with E-state index < -0.39 is 0 Å². The van der Waals surface area contributed by atoms with Crippen molar-refractivity contribution in [2.45, 2.75) is 32.6 Å². The van der Waals surface area contributed by atoms with Gasteiger partial charge in [-0.1, -0.05) is 20.3 Å². The van der Waals surface area contributed by atoms with Crippen molar-refractivity contribution in [1.29, 1.82) is 0 Å². The Labute approximate surface area is 112 Å². The second kappa shape index (κ2) is 6.13. The molecule has 0 spiro atoms. The van der Waals surface area contributed by atoms with E-state index in [-0.39, 0.29) is 5.91 Å². The molecule has 0 radical (unpaired) electrons. The molecule has 100 valence electrons. The molecule has 2 aromatic rings. The number of aromatic amines is 1. The number of carbonyl (C=O) groups excluding carboxylic acids is 1. The molecule has 0 saturated heterocycles. The predicted molar refractivity (Wildman–Crippen MR) is 74.1 cm³/mol. The first-order valence-corrected chi connectivity index (χ1v) is 6.46. The average Bonchev–Trinajstić information content (AvgIpc) is 2.93. The van der Waals surface area contributed by atoms with Crippen molar-refractivity contribution in [3.8, 4) is 0 Å². The summed E-state index contributed by atoms with van der Waals surface area (Å²) in [5.74, 6) is 0.237. The minimum Gasteiger partial charge on any atom is -0.319 e. The van der Waals surface area contributed by atoms with Crippen LogP contribution in [0.15, 0.2) is 30.7 Å². The van der Waals surface area contributed by atoms with Crippen LogP contribution >= 0.6 is 0 Å². The van der Waals surface area contributed by atoms with Gasteiger partial charge in [-0.05, 0) is 30.0 Å². The molecule has 0 bridgehead atoms. The van der Waals surface area contributed by atoms with Crippen molar-refractivity contribution in [3.63, 3.8) is 0 Å². The fourth-order valence-corrected chi connectivity index (χ4v) is 1.98. The summed E-state index contributed by atoms with van der Waals surface area (Å²) in [7, 11) is 0. The van der Waals surface area contributed by atoms with E-state index in [1.165, 1.54) is 0 Å². The summed E-state index contributed by atoms with van der Waals surface area (Å²) in [4.78, 5) is 16.1. The number of anilines is 1. The smallest absolute Gasteiger partial charge is 0.273 e. The Kier molecular flexibility index (Phi) is 4.28. The summed E-state index contributed by atoms with van der Waals surface area (Å²) in [5, 5.41) is 9.19. The van der Waals surface area contributed by atoms with Crippen LogP contribution in [0.1, 0.15) is 48.7 Å². The number of H-pyrrole nitrogens is 1. The van der Waals surface area contributed by atoms with E-state index in [0.717, 1.165) is 18.4 Å². The third-order valence-electron chi connectivity index (χ3n) is 3.05. The van der Waals surface area contributed by atoms with Crippen molar-refractivity contribution in [2.75, 3.05) is 5.32 Å². The molecule has 19 heavy (non-hydrogen) atoms. The fourth-order valence-electron chi connectivity index (χ4n) is 1.98. The highest BCUT2D eigenvalue weighted by atomic mass is 16.1. The lowest BCUT2D eigenvalue weighted by Crippen LogP contribution is -2.13. The molecule has 2 rings (SSSR count). The number of aromatic nitrogens is 3. The minimum atomic E-state index is -0.209. The van der Waals surface area contributed by atoms with Crippen LogP contribution in [0.3, 0.4) is 0 Å². The first kappa shape index (κ1) is 13.3. The molecule has 0 aromatic carbocycles. The van der Waals surface area contributed by atoms with Crippen LogP contribution < -0.4 is 5.32 Å². The van der Waals surface area contributed by atoms with E-state index in [0.29, 0.717) is 17.3 Å². The maximum Gasteiger partial charge on any atom is 0.273 e. The van der Waals surface area contributed by atoms with E-state index in [2.05, 4.69) is 34.3 Å². The van der Waals surface area contributed by atoms with Crippen molar-refractivity contribution in [3.05, 3.63) is 42.0 Å². The average molecular weight is 258 g/mol. The zero-order valence-corrected chi connectivity index (χ0v) is 11.2. The van der Waals surface area contributed by atoms with Crippen LogP contribution in [-0.4, -0.2) is 21.1 Å². The molecule has 0 fully saturated rings. The van der Waals surface area contributed by atoms with E-state index in [1.807, 2.05) is 12.3 Å². The Hall–Kier alpha value is -2.17.